The maximum atomic E-state index is 5.14. The van der Waals surface area contributed by atoms with Crippen molar-refractivity contribution in [3.8, 4) is 0 Å². The Bertz CT molecular complexity index is 271. The van der Waals surface area contributed by atoms with E-state index >= 15 is 0 Å². The molecule has 1 N–H and O–H groups in total. The van der Waals surface area contributed by atoms with Gasteiger partial charge in [0.1, 0.15) is 0 Å². The Morgan fingerprint density at radius 1 is 1.53 bits per heavy atom. The molecule has 0 bridgehead atoms. The highest BCUT2D eigenvalue weighted by Crippen LogP contribution is 2.04. The molecule has 1 heterocycles. The van der Waals surface area contributed by atoms with Crippen molar-refractivity contribution in [2.24, 2.45) is 0 Å². The van der Waals surface area contributed by atoms with E-state index in [0.717, 1.165) is 18.7 Å². The van der Waals surface area contributed by atoms with E-state index in [9.17, 15) is 0 Å². The molecule has 1 aromatic rings. The number of hydrogen-bond donors (Lipinski definition) is 1. The van der Waals surface area contributed by atoms with E-state index in [2.05, 4.69) is 22.4 Å². The highest BCUT2D eigenvalue weighted by atomic mass is 16.5. The Hall–Kier alpha value is -0.940. The molecule has 0 spiro atoms. The van der Waals surface area contributed by atoms with Crippen LogP contribution in [-0.2, 0) is 17.6 Å². The molecule has 86 valence electrons. The number of ether oxygens (including phenoxy) is 1. The van der Waals surface area contributed by atoms with Gasteiger partial charge in [-0.1, -0.05) is 12.1 Å². The van der Waals surface area contributed by atoms with Gasteiger partial charge in [0.2, 0.25) is 5.89 Å². The molecular weight excluding hydrogens is 194 g/mol. The minimum absolute atomic E-state index is 0.403. The van der Waals surface area contributed by atoms with Crippen LogP contribution in [0.1, 0.15) is 25.1 Å². The Labute approximate surface area is 90.2 Å². The summed E-state index contributed by atoms with van der Waals surface area (Å²) >= 11 is 0. The number of aromatic nitrogens is 2. The number of hydrogen-bond acceptors (Lipinski definition) is 5. The molecule has 0 aromatic carbocycles. The SMILES string of the molecule is CCC(Cc1nc(CCOC)no1)NC. The molecule has 0 saturated heterocycles. The fourth-order valence-corrected chi connectivity index (χ4v) is 1.33. The van der Waals surface area contributed by atoms with Crippen LogP contribution in [0.25, 0.3) is 0 Å². The molecule has 1 aromatic heterocycles. The lowest BCUT2D eigenvalue weighted by Crippen LogP contribution is -2.26. The van der Waals surface area contributed by atoms with Gasteiger partial charge in [0.25, 0.3) is 0 Å². The number of rotatable bonds is 7. The third-order valence-corrected chi connectivity index (χ3v) is 2.36. The van der Waals surface area contributed by atoms with Crippen molar-refractivity contribution in [2.45, 2.75) is 32.2 Å². The van der Waals surface area contributed by atoms with E-state index in [4.69, 9.17) is 9.26 Å². The summed E-state index contributed by atoms with van der Waals surface area (Å²) in [6.07, 6.45) is 2.54. The minimum atomic E-state index is 0.403. The molecule has 0 aliphatic heterocycles. The number of likely N-dealkylation sites (N-methyl/N-ethyl adjacent to an activating group) is 1. The maximum Gasteiger partial charge on any atom is 0.228 e. The van der Waals surface area contributed by atoms with Crippen molar-refractivity contribution in [3.05, 3.63) is 11.7 Å². The number of nitrogens with zero attached hydrogens (tertiary/aromatic N) is 2. The normalized spacial score (nSPS) is 13.0. The zero-order chi connectivity index (χ0) is 11.1. The largest absolute Gasteiger partial charge is 0.384 e. The van der Waals surface area contributed by atoms with Gasteiger partial charge in [-0.2, -0.15) is 4.98 Å². The van der Waals surface area contributed by atoms with Crippen LogP contribution in [-0.4, -0.2) is 36.9 Å². The first-order chi connectivity index (χ1) is 7.30. The summed E-state index contributed by atoms with van der Waals surface area (Å²) in [4.78, 5) is 4.29. The van der Waals surface area contributed by atoms with Crippen LogP contribution in [0.2, 0.25) is 0 Å². The summed E-state index contributed by atoms with van der Waals surface area (Å²) in [6, 6.07) is 0.403. The van der Waals surface area contributed by atoms with Crippen molar-refractivity contribution >= 4 is 0 Å². The van der Waals surface area contributed by atoms with E-state index in [-0.39, 0.29) is 0 Å². The molecule has 1 unspecified atom stereocenters. The summed E-state index contributed by atoms with van der Waals surface area (Å²) in [7, 11) is 3.60. The van der Waals surface area contributed by atoms with E-state index in [0.29, 0.717) is 25.0 Å². The van der Waals surface area contributed by atoms with Crippen LogP contribution in [0.5, 0.6) is 0 Å². The summed E-state index contributed by atoms with van der Waals surface area (Å²) in [5.74, 6) is 1.42. The fourth-order valence-electron chi connectivity index (χ4n) is 1.33. The predicted octanol–water partition coefficient (Wildman–Crippen LogP) is 0.799. The Kier molecular flexibility index (Phi) is 5.28. The van der Waals surface area contributed by atoms with Gasteiger partial charge in [0.05, 0.1) is 6.61 Å². The van der Waals surface area contributed by atoms with Gasteiger partial charge in [0.15, 0.2) is 5.82 Å². The number of methoxy groups -OCH3 is 1. The summed E-state index contributed by atoms with van der Waals surface area (Å²) in [6.45, 7) is 2.76. The van der Waals surface area contributed by atoms with Gasteiger partial charge in [-0.25, -0.2) is 0 Å². The maximum absolute atomic E-state index is 5.14. The van der Waals surface area contributed by atoms with Crippen LogP contribution in [0.4, 0.5) is 0 Å². The molecule has 0 amide bonds. The predicted molar refractivity (Wildman–Crippen MR) is 56.7 cm³/mol. The average Bonchev–Trinajstić information content (AvgIpc) is 2.70. The Balaban J connectivity index is 2.44. The molecular formula is C10H19N3O2. The molecule has 0 radical (unpaired) electrons. The third kappa shape index (κ3) is 3.97. The Morgan fingerprint density at radius 2 is 2.33 bits per heavy atom. The first-order valence-electron chi connectivity index (χ1n) is 5.27. The van der Waals surface area contributed by atoms with Crippen molar-refractivity contribution in [1.82, 2.24) is 15.5 Å². The summed E-state index contributed by atoms with van der Waals surface area (Å²) in [5.41, 5.74) is 0. The van der Waals surface area contributed by atoms with Crippen molar-refractivity contribution < 1.29 is 9.26 Å². The second-order valence-corrected chi connectivity index (χ2v) is 3.45. The standard InChI is InChI=1S/C10H19N3O2/c1-4-8(11-2)7-10-12-9(13-15-10)5-6-14-3/h8,11H,4-7H2,1-3H3. The Morgan fingerprint density at radius 3 is 2.93 bits per heavy atom. The van der Waals surface area contributed by atoms with Gasteiger partial charge in [-0.15, -0.1) is 0 Å². The van der Waals surface area contributed by atoms with Crippen LogP contribution in [0, 0.1) is 0 Å². The molecule has 0 aliphatic carbocycles. The van der Waals surface area contributed by atoms with Crippen LogP contribution >= 0.6 is 0 Å². The van der Waals surface area contributed by atoms with Gasteiger partial charge in [-0.05, 0) is 13.5 Å². The van der Waals surface area contributed by atoms with E-state index in [1.165, 1.54) is 0 Å². The zero-order valence-electron chi connectivity index (χ0n) is 9.62. The topological polar surface area (TPSA) is 60.2 Å². The second kappa shape index (κ2) is 6.53. The summed E-state index contributed by atoms with van der Waals surface area (Å²) < 4.78 is 10.1. The highest BCUT2D eigenvalue weighted by Gasteiger charge is 2.11. The molecule has 15 heavy (non-hydrogen) atoms. The van der Waals surface area contributed by atoms with E-state index < -0.39 is 0 Å². The van der Waals surface area contributed by atoms with E-state index in [1.807, 2.05) is 7.05 Å². The number of nitrogens with one attached hydrogen (secondary N) is 1. The minimum Gasteiger partial charge on any atom is -0.384 e. The second-order valence-electron chi connectivity index (χ2n) is 3.45. The third-order valence-electron chi connectivity index (χ3n) is 2.36. The molecule has 0 aliphatic rings. The van der Waals surface area contributed by atoms with Gasteiger partial charge < -0.3 is 14.6 Å². The molecule has 0 saturated carbocycles. The molecule has 1 rings (SSSR count). The van der Waals surface area contributed by atoms with Crippen molar-refractivity contribution in [2.75, 3.05) is 20.8 Å². The monoisotopic (exact) mass is 213 g/mol. The first-order valence-corrected chi connectivity index (χ1v) is 5.27. The van der Waals surface area contributed by atoms with E-state index in [1.54, 1.807) is 7.11 Å². The molecule has 5 heteroatoms. The zero-order valence-corrected chi connectivity index (χ0v) is 9.62. The fraction of sp³-hybridized carbons (Fsp3) is 0.800. The van der Waals surface area contributed by atoms with Crippen molar-refractivity contribution in [3.63, 3.8) is 0 Å². The quantitative estimate of drug-likeness (QED) is 0.726. The van der Waals surface area contributed by atoms with Gasteiger partial charge in [-0.3, -0.25) is 0 Å². The average molecular weight is 213 g/mol. The van der Waals surface area contributed by atoms with Gasteiger partial charge >= 0.3 is 0 Å². The lowest BCUT2D eigenvalue weighted by Gasteiger charge is -2.09. The molecule has 5 nitrogen and oxygen atoms in total. The lowest BCUT2D eigenvalue weighted by atomic mass is 10.1. The van der Waals surface area contributed by atoms with Crippen molar-refractivity contribution in [1.29, 1.82) is 0 Å². The smallest absolute Gasteiger partial charge is 0.228 e. The molecule has 1 atom stereocenters. The van der Waals surface area contributed by atoms with Crippen LogP contribution < -0.4 is 5.32 Å². The van der Waals surface area contributed by atoms with Crippen LogP contribution in [0.3, 0.4) is 0 Å². The summed E-state index contributed by atoms with van der Waals surface area (Å²) in [5, 5.41) is 7.08. The van der Waals surface area contributed by atoms with Gasteiger partial charge in [0, 0.05) is 26.0 Å². The first kappa shape index (κ1) is 12.1. The highest BCUT2D eigenvalue weighted by molar-refractivity contribution is 4.89. The molecule has 0 fully saturated rings. The lowest BCUT2D eigenvalue weighted by molar-refractivity contribution is 0.199. The van der Waals surface area contributed by atoms with Crippen LogP contribution in [0.15, 0.2) is 4.52 Å².